The highest BCUT2D eigenvalue weighted by Crippen LogP contribution is 2.42. The smallest absolute Gasteiger partial charge is 0.441 e. The molecule has 4 fully saturated rings. The Kier molecular flexibility index (Phi) is 4.01. The van der Waals surface area contributed by atoms with Crippen LogP contribution in [0.3, 0.4) is 0 Å². The van der Waals surface area contributed by atoms with Gasteiger partial charge < -0.3 is 19.5 Å². The number of rotatable bonds is 2. The first kappa shape index (κ1) is 18.0. The van der Waals surface area contributed by atoms with Gasteiger partial charge in [-0.1, -0.05) is 0 Å². The van der Waals surface area contributed by atoms with Crippen molar-refractivity contribution in [2.45, 2.75) is 68.4 Å². The number of alkyl halides is 3. The van der Waals surface area contributed by atoms with Crippen molar-refractivity contribution in [3.63, 3.8) is 0 Å². The van der Waals surface area contributed by atoms with Crippen molar-refractivity contribution in [2.75, 3.05) is 24.5 Å². The average Bonchev–Trinajstić information content (AvgIpc) is 3.32. The molecule has 4 aliphatic heterocycles. The molecule has 154 valence electrons. The Bertz CT molecular complexity index is 747. The van der Waals surface area contributed by atoms with E-state index in [2.05, 4.69) is 20.4 Å². The molecule has 4 aliphatic rings. The third-order valence-corrected chi connectivity index (χ3v) is 6.69. The molecule has 2 bridgehead atoms. The monoisotopic (exact) mass is 401 g/mol. The molecule has 0 aliphatic carbocycles. The lowest BCUT2D eigenvalue weighted by atomic mass is 9.88. The van der Waals surface area contributed by atoms with Crippen LogP contribution in [0.25, 0.3) is 0 Å². The zero-order valence-corrected chi connectivity index (χ0v) is 15.2. The molecule has 1 aromatic rings. The van der Waals surface area contributed by atoms with E-state index in [4.69, 9.17) is 9.26 Å². The SMILES string of the molecule is O=C1NCC2(CCN(C3CC4CCC(C3)N4c3nc(C(F)(F)F)no3)CC2)O1. The summed E-state index contributed by atoms with van der Waals surface area (Å²) in [6.07, 6.45) is 0.254. The van der Waals surface area contributed by atoms with Gasteiger partial charge in [-0.2, -0.15) is 18.2 Å². The fraction of sp³-hybridized carbons (Fsp3) is 0.824. The maximum absolute atomic E-state index is 12.8. The van der Waals surface area contributed by atoms with E-state index in [0.29, 0.717) is 12.6 Å². The van der Waals surface area contributed by atoms with E-state index in [1.807, 2.05) is 4.90 Å². The van der Waals surface area contributed by atoms with E-state index in [-0.39, 0.29) is 29.8 Å². The van der Waals surface area contributed by atoms with Gasteiger partial charge in [-0.25, -0.2) is 4.79 Å². The molecule has 1 spiro atoms. The lowest BCUT2D eigenvalue weighted by Gasteiger charge is -2.46. The van der Waals surface area contributed by atoms with E-state index >= 15 is 0 Å². The Morgan fingerprint density at radius 2 is 1.79 bits per heavy atom. The fourth-order valence-electron chi connectivity index (χ4n) is 5.27. The average molecular weight is 401 g/mol. The van der Waals surface area contributed by atoms with E-state index in [9.17, 15) is 18.0 Å². The Morgan fingerprint density at radius 3 is 2.32 bits per heavy atom. The Hall–Kier alpha value is -2.04. The van der Waals surface area contributed by atoms with Crippen LogP contribution in [-0.2, 0) is 10.9 Å². The van der Waals surface area contributed by atoms with Crippen molar-refractivity contribution in [1.82, 2.24) is 20.4 Å². The summed E-state index contributed by atoms with van der Waals surface area (Å²) in [5, 5.41) is 5.85. The van der Waals surface area contributed by atoms with E-state index in [1.54, 1.807) is 0 Å². The van der Waals surface area contributed by atoms with Crippen LogP contribution in [0.1, 0.15) is 44.3 Å². The number of halogens is 3. The maximum atomic E-state index is 12.8. The van der Waals surface area contributed by atoms with Gasteiger partial charge in [0, 0.05) is 44.1 Å². The van der Waals surface area contributed by atoms with Crippen LogP contribution in [0.15, 0.2) is 4.52 Å². The summed E-state index contributed by atoms with van der Waals surface area (Å²) in [5.41, 5.74) is -0.370. The largest absolute Gasteiger partial charge is 0.455 e. The van der Waals surface area contributed by atoms with Crippen LogP contribution in [-0.4, -0.2) is 64.5 Å². The number of piperidine rings is 2. The molecule has 28 heavy (non-hydrogen) atoms. The quantitative estimate of drug-likeness (QED) is 0.813. The molecule has 2 atom stereocenters. The second-order valence-electron chi connectivity index (χ2n) is 8.28. The molecule has 1 amide bonds. The number of anilines is 1. The molecule has 1 N–H and O–H groups in total. The molecule has 0 saturated carbocycles. The number of alkyl carbamates (subject to hydrolysis) is 1. The van der Waals surface area contributed by atoms with Gasteiger partial charge in [0.2, 0.25) is 0 Å². The van der Waals surface area contributed by atoms with E-state index < -0.39 is 12.0 Å². The Balaban J connectivity index is 1.24. The third kappa shape index (κ3) is 2.99. The van der Waals surface area contributed by atoms with Gasteiger partial charge in [-0.05, 0) is 30.8 Å². The molecule has 11 heteroatoms. The second kappa shape index (κ2) is 6.23. The second-order valence-corrected chi connectivity index (χ2v) is 8.28. The maximum Gasteiger partial charge on any atom is 0.455 e. The molecule has 8 nitrogen and oxygen atoms in total. The summed E-state index contributed by atoms with van der Waals surface area (Å²) >= 11 is 0. The first-order valence-electron chi connectivity index (χ1n) is 9.73. The number of fused-ring (bicyclic) bond motifs is 2. The van der Waals surface area contributed by atoms with Crippen molar-refractivity contribution in [1.29, 1.82) is 0 Å². The number of aromatic nitrogens is 2. The minimum Gasteiger partial charge on any atom is -0.441 e. The lowest BCUT2D eigenvalue weighted by Crippen LogP contribution is -2.55. The van der Waals surface area contributed by atoms with Gasteiger partial charge in [0.1, 0.15) is 5.60 Å². The van der Waals surface area contributed by atoms with Crippen molar-refractivity contribution in [3.8, 4) is 0 Å². The van der Waals surface area contributed by atoms with Gasteiger partial charge in [0.05, 0.1) is 6.54 Å². The van der Waals surface area contributed by atoms with Crippen LogP contribution < -0.4 is 10.2 Å². The standard InChI is InChI=1S/C17H22F3N5O3/c18-17(19,20)13-22-14(28-23-13)25-10-1-2-11(25)8-12(7-10)24-5-3-16(4-6-24)9-21-15(26)27-16/h10-12H,1-9H2,(H,21,26). The van der Waals surface area contributed by atoms with Gasteiger partial charge >= 0.3 is 18.3 Å². The van der Waals surface area contributed by atoms with Gasteiger partial charge in [0.15, 0.2) is 0 Å². The third-order valence-electron chi connectivity index (χ3n) is 6.69. The highest BCUT2D eigenvalue weighted by atomic mass is 19.4. The zero-order chi connectivity index (χ0) is 19.5. The van der Waals surface area contributed by atoms with Crippen LogP contribution in [0.4, 0.5) is 24.0 Å². The topological polar surface area (TPSA) is 83.7 Å². The van der Waals surface area contributed by atoms with Gasteiger partial charge in [-0.3, -0.25) is 4.90 Å². The summed E-state index contributed by atoms with van der Waals surface area (Å²) in [7, 11) is 0. The summed E-state index contributed by atoms with van der Waals surface area (Å²) < 4.78 is 48.8. The number of carbonyl (C=O) groups excluding carboxylic acids is 1. The molecule has 0 aromatic carbocycles. The number of hydrogen-bond donors (Lipinski definition) is 1. The molecular weight excluding hydrogens is 379 g/mol. The van der Waals surface area contributed by atoms with Crippen LogP contribution >= 0.6 is 0 Å². The number of ether oxygens (including phenoxy) is 1. The minimum absolute atomic E-state index is 0.0141. The van der Waals surface area contributed by atoms with Crippen LogP contribution in [0, 0.1) is 0 Å². The summed E-state index contributed by atoms with van der Waals surface area (Å²) in [6, 6.07) is 0.597. The van der Waals surface area contributed by atoms with Gasteiger partial charge in [-0.15, -0.1) is 0 Å². The first-order valence-corrected chi connectivity index (χ1v) is 9.73. The van der Waals surface area contributed by atoms with E-state index in [1.165, 1.54) is 0 Å². The normalized spacial score (nSPS) is 32.6. The summed E-state index contributed by atoms with van der Waals surface area (Å²) in [4.78, 5) is 19.3. The molecule has 1 aromatic heterocycles. The van der Waals surface area contributed by atoms with Crippen LogP contribution in [0.5, 0.6) is 0 Å². The van der Waals surface area contributed by atoms with Crippen molar-refractivity contribution in [3.05, 3.63) is 5.82 Å². The van der Waals surface area contributed by atoms with Crippen molar-refractivity contribution in [2.24, 2.45) is 0 Å². The zero-order valence-electron chi connectivity index (χ0n) is 15.2. The number of amides is 1. The first-order chi connectivity index (χ1) is 13.3. The number of nitrogens with one attached hydrogen (secondary N) is 1. The predicted molar refractivity (Wildman–Crippen MR) is 89.6 cm³/mol. The predicted octanol–water partition coefficient (Wildman–Crippen LogP) is 2.16. The van der Waals surface area contributed by atoms with Gasteiger partial charge in [0.25, 0.3) is 5.82 Å². The molecule has 0 radical (unpaired) electrons. The summed E-state index contributed by atoms with van der Waals surface area (Å²) in [5.74, 6) is -1.22. The van der Waals surface area contributed by atoms with Crippen molar-refractivity contribution >= 4 is 12.1 Å². The molecule has 2 unspecified atom stereocenters. The molecule has 5 heterocycles. The molecular formula is C17H22F3N5O3. The molecule has 5 rings (SSSR count). The summed E-state index contributed by atoms with van der Waals surface area (Å²) in [6.45, 7) is 2.29. The Morgan fingerprint density at radius 1 is 1.11 bits per heavy atom. The Labute approximate surface area is 159 Å². The minimum atomic E-state index is -4.60. The molecule has 4 saturated heterocycles. The number of hydrogen-bond acceptors (Lipinski definition) is 7. The highest BCUT2D eigenvalue weighted by Gasteiger charge is 2.49. The number of carbonyl (C=O) groups is 1. The van der Waals surface area contributed by atoms with E-state index in [0.717, 1.165) is 51.6 Å². The van der Waals surface area contributed by atoms with Crippen LogP contribution in [0.2, 0.25) is 0 Å². The number of likely N-dealkylation sites (tertiary alicyclic amines) is 1. The fourth-order valence-corrected chi connectivity index (χ4v) is 5.27. The number of nitrogens with zero attached hydrogens (tertiary/aromatic N) is 4. The van der Waals surface area contributed by atoms with Crippen molar-refractivity contribution < 1.29 is 27.2 Å². The lowest BCUT2D eigenvalue weighted by molar-refractivity contribution is -0.146. The highest BCUT2D eigenvalue weighted by molar-refractivity contribution is 5.70.